The van der Waals surface area contributed by atoms with E-state index in [9.17, 15) is 19.2 Å². The van der Waals surface area contributed by atoms with Gasteiger partial charge >= 0.3 is 11.9 Å². The summed E-state index contributed by atoms with van der Waals surface area (Å²) in [6, 6.07) is 45.9. The zero-order valence-electron chi connectivity index (χ0n) is 34.5. The molecule has 0 bridgehead atoms. The third kappa shape index (κ3) is 14.3. The largest absolute Gasteiger partial charge is 0.491 e. The third-order valence-corrected chi connectivity index (χ3v) is 9.36. The molecule has 0 aromatic heterocycles. The third-order valence-electron chi connectivity index (χ3n) is 9.36. The van der Waals surface area contributed by atoms with Crippen molar-refractivity contribution in [1.82, 2.24) is 0 Å². The molecule has 0 amide bonds. The Kier molecular flexibility index (Phi) is 18.5. The summed E-state index contributed by atoms with van der Waals surface area (Å²) in [5.74, 6) is 0.435. The van der Waals surface area contributed by atoms with E-state index in [1.807, 2.05) is 48.5 Å². The number of thiol groups is 1. The van der Waals surface area contributed by atoms with Crippen LogP contribution in [0.25, 0.3) is 33.4 Å². The van der Waals surface area contributed by atoms with Crippen LogP contribution < -0.4 is 9.47 Å². The van der Waals surface area contributed by atoms with Crippen LogP contribution in [0, 0.1) is 0 Å². The van der Waals surface area contributed by atoms with E-state index in [-0.39, 0.29) is 36.7 Å². The maximum Gasteiger partial charge on any atom is 0.302 e. The maximum absolute atomic E-state index is 13.2. The number of rotatable bonds is 21. The molecule has 0 atom stereocenters. The van der Waals surface area contributed by atoms with Crippen LogP contribution in [0.5, 0.6) is 11.5 Å². The molecule has 0 spiro atoms. The first kappa shape index (κ1) is 46.5. The monoisotopic (exact) mass is 856 g/mol. The summed E-state index contributed by atoms with van der Waals surface area (Å²) in [7, 11) is 0. The van der Waals surface area contributed by atoms with Gasteiger partial charge in [0.25, 0.3) is 0 Å². The van der Waals surface area contributed by atoms with Crippen LogP contribution in [-0.4, -0.2) is 80.9 Å². The first-order chi connectivity index (χ1) is 30.2. The molecule has 0 aliphatic heterocycles. The van der Waals surface area contributed by atoms with Gasteiger partial charge in [0.1, 0.15) is 37.9 Å². The summed E-state index contributed by atoms with van der Waals surface area (Å²) in [5.41, 5.74) is 8.59. The summed E-state index contributed by atoms with van der Waals surface area (Å²) >= 11 is 2.53. The lowest BCUT2D eigenvalue weighted by atomic mass is 9.96. The van der Waals surface area contributed by atoms with E-state index in [2.05, 4.69) is 61.4 Å². The van der Waals surface area contributed by atoms with Crippen LogP contribution in [0.2, 0.25) is 0 Å². The molecule has 6 aromatic rings. The molecule has 12 heteroatoms. The smallest absolute Gasteiger partial charge is 0.302 e. The Balaban J connectivity index is 0.00000358. The molecule has 320 valence electrons. The van der Waals surface area contributed by atoms with E-state index in [1.165, 1.54) is 13.8 Å². The van der Waals surface area contributed by atoms with Crippen molar-refractivity contribution in [2.24, 2.45) is 0 Å². The Morgan fingerprint density at radius 3 is 0.839 bits per heavy atom. The van der Waals surface area contributed by atoms with Crippen LogP contribution in [0.15, 0.2) is 146 Å². The number of esters is 2. The molecule has 0 heterocycles. The molecule has 0 fully saturated rings. The summed E-state index contributed by atoms with van der Waals surface area (Å²) < 4.78 is 38.4. The average Bonchev–Trinajstić information content (AvgIpc) is 3.31. The van der Waals surface area contributed by atoms with Crippen molar-refractivity contribution >= 4 is 36.4 Å². The van der Waals surface area contributed by atoms with Crippen LogP contribution in [0.1, 0.15) is 45.7 Å². The number of hydrogen-bond donors (Lipinski definition) is 2. The molecule has 0 saturated heterocycles. The van der Waals surface area contributed by atoms with Gasteiger partial charge in [0.05, 0.1) is 26.4 Å². The summed E-state index contributed by atoms with van der Waals surface area (Å²) in [6.45, 7) is 5.11. The fourth-order valence-corrected chi connectivity index (χ4v) is 6.21. The Bertz CT molecular complexity index is 2160. The molecule has 62 heavy (non-hydrogen) atoms. The SMILES string of the molecule is CC(=O)OCCOCCOc1ccc(C(=O)c2ccc(-c3ccc(-c4ccc(-c5ccc(C(=O)c6ccc(OCCOCCOC(C)=O)cc6)cc5)cc4)cc3)cc2)cc1.OS. The number of carbonyl (C=O) groups excluding carboxylic acids is 4. The Labute approximate surface area is 366 Å². The van der Waals surface area contributed by atoms with E-state index >= 15 is 0 Å². The van der Waals surface area contributed by atoms with Gasteiger partial charge in [0, 0.05) is 36.1 Å². The second kappa shape index (κ2) is 24.6. The average molecular weight is 857 g/mol. The lowest BCUT2D eigenvalue weighted by Gasteiger charge is -2.09. The highest BCUT2D eigenvalue weighted by Gasteiger charge is 2.12. The number of hydrogen-bond acceptors (Lipinski definition) is 12. The number of benzene rings is 6. The molecule has 6 aromatic carbocycles. The fourth-order valence-electron chi connectivity index (χ4n) is 6.21. The van der Waals surface area contributed by atoms with Crippen molar-refractivity contribution in [2.45, 2.75) is 13.8 Å². The Morgan fingerprint density at radius 2 is 0.581 bits per heavy atom. The van der Waals surface area contributed by atoms with Crippen molar-refractivity contribution in [2.75, 3.05) is 52.9 Å². The molecule has 11 nitrogen and oxygen atoms in total. The van der Waals surface area contributed by atoms with Gasteiger partial charge in [-0.1, -0.05) is 97.1 Å². The molecule has 0 aliphatic carbocycles. The quantitative estimate of drug-likeness (QED) is 0.0235. The van der Waals surface area contributed by atoms with Crippen molar-refractivity contribution < 1.29 is 52.2 Å². The van der Waals surface area contributed by atoms with Gasteiger partial charge in [-0.3, -0.25) is 19.2 Å². The molecule has 1 N–H and O–H groups in total. The standard InChI is InChI=1S/C50H46O10.H2OS/c1-35(51)57-31-27-55-29-33-59-47-23-19-45(20-24-47)49(53)43-15-11-41(12-16-43)39-7-3-37(4-8-39)38-5-9-40(10-6-38)42-13-17-44(18-14-42)50(54)46-21-25-48(26-22-46)60-34-30-56-28-32-58-36(2)52;1-2/h3-26H,27-34H2,1-2H3;1-2H. The zero-order valence-corrected chi connectivity index (χ0v) is 35.4. The van der Waals surface area contributed by atoms with Crippen molar-refractivity contribution in [3.05, 3.63) is 168 Å². The summed E-state index contributed by atoms with van der Waals surface area (Å²) in [5, 5.41) is 0. The van der Waals surface area contributed by atoms with Gasteiger partial charge in [-0.15, -0.1) is 0 Å². The van der Waals surface area contributed by atoms with E-state index in [1.54, 1.807) is 48.5 Å². The fraction of sp³-hybridized carbons (Fsp3) is 0.200. The zero-order chi connectivity index (χ0) is 44.1. The Morgan fingerprint density at radius 1 is 0.355 bits per heavy atom. The lowest BCUT2D eigenvalue weighted by molar-refractivity contribution is -0.143. The lowest BCUT2D eigenvalue weighted by Crippen LogP contribution is -2.12. The van der Waals surface area contributed by atoms with Crippen LogP contribution in [0.3, 0.4) is 0 Å². The molecular formula is C50H48O11S. The first-order valence-corrected chi connectivity index (χ1v) is 20.2. The van der Waals surface area contributed by atoms with Gasteiger partial charge in [-0.05, 0) is 94.8 Å². The molecule has 0 radical (unpaired) electrons. The number of ether oxygens (including phenoxy) is 6. The minimum atomic E-state index is -0.339. The number of ketones is 2. The highest BCUT2D eigenvalue weighted by Crippen LogP contribution is 2.29. The van der Waals surface area contributed by atoms with Gasteiger partial charge in [0.15, 0.2) is 11.6 Å². The van der Waals surface area contributed by atoms with Crippen LogP contribution in [-0.2, 0) is 28.5 Å². The Hall–Kier alpha value is -6.57. The molecule has 6 rings (SSSR count). The topological polar surface area (TPSA) is 144 Å². The highest BCUT2D eigenvalue weighted by atomic mass is 32.1. The normalized spacial score (nSPS) is 10.5. The van der Waals surface area contributed by atoms with E-state index in [0.29, 0.717) is 73.4 Å². The van der Waals surface area contributed by atoms with E-state index < -0.39 is 0 Å². The number of carbonyl (C=O) groups is 4. The summed E-state index contributed by atoms with van der Waals surface area (Å²) in [4.78, 5) is 47.9. The predicted octanol–water partition coefficient (Wildman–Crippen LogP) is 9.46. The van der Waals surface area contributed by atoms with Gasteiger partial charge in [-0.25, -0.2) is 0 Å². The summed E-state index contributed by atoms with van der Waals surface area (Å²) in [6.07, 6.45) is 0. The van der Waals surface area contributed by atoms with Crippen LogP contribution >= 0.6 is 12.9 Å². The predicted molar refractivity (Wildman–Crippen MR) is 240 cm³/mol. The van der Waals surface area contributed by atoms with Gasteiger partial charge in [0.2, 0.25) is 0 Å². The van der Waals surface area contributed by atoms with Gasteiger partial charge in [-0.2, -0.15) is 0 Å². The highest BCUT2D eigenvalue weighted by molar-refractivity contribution is 7.74. The molecule has 0 aliphatic rings. The van der Waals surface area contributed by atoms with Crippen molar-refractivity contribution in [3.8, 4) is 44.9 Å². The first-order valence-electron chi connectivity index (χ1n) is 19.8. The molecule has 0 saturated carbocycles. The van der Waals surface area contributed by atoms with Crippen molar-refractivity contribution in [1.29, 1.82) is 0 Å². The van der Waals surface area contributed by atoms with E-state index in [0.717, 1.165) is 33.4 Å². The minimum Gasteiger partial charge on any atom is -0.491 e. The van der Waals surface area contributed by atoms with Gasteiger partial charge < -0.3 is 33.0 Å². The molecule has 0 unspecified atom stereocenters. The second-order valence-corrected chi connectivity index (χ2v) is 13.6. The maximum atomic E-state index is 13.2. The second-order valence-electron chi connectivity index (χ2n) is 13.6. The van der Waals surface area contributed by atoms with E-state index in [4.69, 9.17) is 33.0 Å². The molecular weight excluding hydrogens is 809 g/mol. The van der Waals surface area contributed by atoms with Crippen molar-refractivity contribution in [3.63, 3.8) is 0 Å². The minimum absolute atomic E-state index is 0.0752. The van der Waals surface area contributed by atoms with Crippen LogP contribution in [0.4, 0.5) is 0 Å².